The summed E-state index contributed by atoms with van der Waals surface area (Å²) in [6, 6.07) is 7.76. The fourth-order valence-electron chi connectivity index (χ4n) is 4.14. The lowest BCUT2D eigenvalue weighted by Gasteiger charge is -2.38. The van der Waals surface area contributed by atoms with Crippen molar-refractivity contribution in [3.8, 4) is 0 Å². The van der Waals surface area contributed by atoms with Crippen LogP contribution in [0.5, 0.6) is 0 Å². The fraction of sp³-hybridized carbons (Fsp3) is 0.529. The average Bonchev–Trinajstić information content (AvgIpc) is 2.72. The van der Waals surface area contributed by atoms with Crippen LogP contribution in [0, 0.1) is 19.8 Å². The lowest BCUT2D eigenvalue weighted by molar-refractivity contribution is -0.131. The number of ketones is 1. The molecule has 0 radical (unpaired) electrons. The minimum Gasteiger partial charge on any atom is -0.326 e. The molecule has 1 aromatic carbocycles. The Balaban J connectivity index is 1.91. The molecule has 0 aliphatic heterocycles. The van der Waals surface area contributed by atoms with Gasteiger partial charge in [-0.3, -0.25) is 9.59 Å². The number of nitrogens with one attached hydrogen (secondary N) is 1. The summed E-state index contributed by atoms with van der Waals surface area (Å²) >= 11 is 2.24. The van der Waals surface area contributed by atoms with E-state index in [0.29, 0.717) is 6.42 Å². The van der Waals surface area contributed by atoms with Crippen LogP contribution in [0.2, 0.25) is 0 Å². The number of hydrogen-bond acceptors (Lipinski definition) is 2. The number of carbonyl (C=O) groups is 2. The number of halogens is 1. The van der Waals surface area contributed by atoms with Gasteiger partial charge in [-0.15, -0.1) is 0 Å². The summed E-state index contributed by atoms with van der Waals surface area (Å²) in [4.78, 5) is 25.3. The van der Waals surface area contributed by atoms with E-state index in [0.717, 1.165) is 22.1 Å². The summed E-state index contributed by atoms with van der Waals surface area (Å²) in [7, 11) is 0. The summed E-state index contributed by atoms with van der Waals surface area (Å²) in [5.41, 5.74) is -0.388. The van der Waals surface area contributed by atoms with Crippen LogP contribution in [0.3, 0.4) is 0 Å². The standard InChI is InChI=1S/C17H20INO2/c1-15(2)16(3)8-9-17(15,10-13(16)20)14(21)19-12-6-4-11(18)5-7-12/h4-7H,8-10H2,1-3H3,(H,19,21). The van der Waals surface area contributed by atoms with Crippen molar-refractivity contribution in [2.75, 3.05) is 5.32 Å². The van der Waals surface area contributed by atoms with Crippen molar-refractivity contribution in [1.82, 2.24) is 0 Å². The Bertz CT molecular complexity index is 622. The molecule has 1 amide bonds. The number of carbonyl (C=O) groups excluding carboxylic acids is 2. The van der Waals surface area contributed by atoms with Crippen molar-refractivity contribution in [3.05, 3.63) is 27.8 Å². The second-order valence-electron chi connectivity index (χ2n) is 7.10. The maximum Gasteiger partial charge on any atom is 0.231 e. The lowest BCUT2D eigenvalue weighted by atomic mass is 9.64. The van der Waals surface area contributed by atoms with Crippen LogP contribution in [-0.2, 0) is 9.59 Å². The van der Waals surface area contributed by atoms with Crippen LogP contribution in [0.25, 0.3) is 0 Å². The molecule has 2 saturated carbocycles. The first-order valence-electron chi connectivity index (χ1n) is 7.33. The maximum atomic E-state index is 12.9. The molecule has 2 aliphatic rings. The van der Waals surface area contributed by atoms with E-state index >= 15 is 0 Å². The van der Waals surface area contributed by atoms with Crippen LogP contribution in [-0.4, -0.2) is 11.7 Å². The van der Waals surface area contributed by atoms with Crippen molar-refractivity contribution >= 4 is 40.0 Å². The van der Waals surface area contributed by atoms with E-state index in [9.17, 15) is 9.59 Å². The fourth-order valence-corrected chi connectivity index (χ4v) is 4.50. The van der Waals surface area contributed by atoms with Crippen molar-refractivity contribution in [2.45, 2.75) is 40.0 Å². The lowest BCUT2D eigenvalue weighted by Crippen LogP contribution is -2.43. The van der Waals surface area contributed by atoms with Gasteiger partial charge in [0.05, 0.1) is 5.41 Å². The topological polar surface area (TPSA) is 46.2 Å². The van der Waals surface area contributed by atoms with Crippen molar-refractivity contribution < 1.29 is 9.59 Å². The first-order chi connectivity index (χ1) is 9.73. The van der Waals surface area contributed by atoms with Gasteiger partial charge in [-0.05, 0) is 65.1 Å². The average molecular weight is 397 g/mol. The third-order valence-electron chi connectivity index (χ3n) is 6.24. The second kappa shape index (κ2) is 4.54. The molecule has 112 valence electrons. The molecule has 1 aromatic rings. The van der Waals surface area contributed by atoms with Gasteiger partial charge in [0.25, 0.3) is 0 Å². The third-order valence-corrected chi connectivity index (χ3v) is 6.96. The van der Waals surface area contributed by atoms with Gasteiger partial charge in [0.1, 0.15) is 5.78 Å². The molecule has 4 heteroatoms. The molecule has 0 spiro atoms. The molecule has 21 heavy (non-hydrogen) atoms. The van der Waals surface area contributed by atoms with Gasteiger partial charge < -0.3 is 5.32 Å². The van der Waals surface area contributed by atoms with E-state index in [1.165, 1.54) is 0 Å². The normalized spacial score (nSPS) is 33.2. The minimum atomic E-state index is -0.554. The summed E-state index contributed by atoms with van der Waals surface area (Å²) in [5, 5.41) is 3.03. The van der Waals surface area contributed by atoms with Gasteiger partial charge in [-0.1, -0.05) is 20.8 Å². The molecular formula is C17H20INO2. The predicted octanol–water partition coefficient (Wildman–Crippen LogP) is 4.02. The van der Waals surface area contributed by atoms with E-state index in [-0.39, 0.29) is 22.5 Å². The second-order valence-corrected chi connectivity index (χ2v) is 8.35. The molecule has 2 aliphatic carbocycles. The smallest absolute Gasteiger partial charge is 0.231 e. The van der Waals surface area contributed by atoms with Gasteiger partial charge in [0.15, 0.2) is 0 Å². The number of hydrogen-bond donors (Lipinski definition) is 1. The molecule has 0 saturated heterocycles. The first-order valence-corrected chi connectivity index (χ1v) is 8.41. The van der Waals surface area contributed by atoms with Crippen LogP contribution in [0.4, 0.5) is 5.69 Å². The van der Waals surface area contributed by atoms with Gasteiger partial charge in [-0.2, -0.15) is 0 Å². The molecule has 2 unspecified atom stereocenters. The van der Waals surface area contributed by atoms with E-state index < -0.39 is 5.41 Å². The van der Waals surface area contributed by atoms with E-state index in [4.69, 9.17) is 0 Å². The van der Waals surface area contributed by atoms with Crippen LogP contribution < -0.4 is 5.32 Å². The molecule has 2 bridgehead atoms. The van der Waals surface area contributed by atoms with Crippen LogP contribution >= 0.6 is 22.6 Å². The van der Waals surface area contributed by atoms with Crippen molar-refractivity contribution in [1.29, 1.82) is 0 Å². The zero-order chi connectivity index (χ0) is 15.5. The van der Waals surface area contributed by atoms with Crippen molar-refractivity contribution in [3.63, 3.8) is 0 Å². The predicted molar refractivity (Wildman–Crippen MR) is 91.0 cm³/mol. The largest absolute Gasteiger partial charge is 0.326 e. The van der Waals surface area contributed by atoms with Crippen LogP contribution in [0.15, 0.2) is 24.3 Å². The Morgan fingerprint density at radius 1 is 1.14 bits per heavy atom. The highest BCUT2D eigenvalue weighted by atomic mass is 127. The van der Waals surface area contributed by atoms with E-state index in [1.807, 2.05) is 31.2 Å². The third kappa shape index (κ3) is 1.84. The SMILES string of the molecule is CC12CCC(C(=O)Nc3ccc(I)cc3)(CC1=O)C2(C)C. The zero-order valence-corrected chi connectivity index (χ0v) is 14.8. The van der Waals surface area contributed by atoms with E-state index in [1.54, 1.807) is 0 Å². The Morgan fingerprint density at radius 3 is 2.24 bits per heavy atom. The Hall–Kier alpha value is -0.910. The van der Waals surface area contributed by atoms with Crippen LogP contribution in [0.1, 0.15) is 40.0 Å². The number of Topliss-reactive ketones (excluding diaryl/α,β-unsaturated/α-hetero) is 1. The number of rotatable bonds is 2. The Labute approximate surface area is 139 Å². The van der Waals surface area contributed by atoms with Gasteiger partial charge in [0, 0.05) is 21.1 Å². The molecule has 2 atom stereocenters. The van der Waals surface area contributed by atoms with Gasteiger partial charge in [-0.25, -0.2) is 0 Å². The molecule has 3 nitrogen and oxygen atoms in total. The van der Waals surface area contributed by atoms with Gasteiger partial charge >= 0.3 is 0 Å². The molecule has 0 heterocycles. The minimum absolute atomic E-state index is 0.00304. The Morgan fingerprint density at radius 2 is 1.76 bits per heavy atom. The highest BCUT2D eigenvalue weighted by Gasteiger charge is 2.72. The number of amides is 1. The van der Waals surface area contributed by atoms with E-state index in [2.05, 4.69) is 41.8 Å². The monoisotopic (exact) mass is 397 g/mol. The zero-order valence-electron chi connectivity index (χ0n) is 12.6. The molecular weight excluding hydrogens is 377 g/mol. The number of benzene rings is 1. The highest BCUT2D eigenvalue weighted by Crippen LogP contribution is 2.70. The molecule has 0 aromatic heterocycles. The summed E-state index contributed by atoms with van der Waals surface area (Å²) in [6.45, 7) is 6.19. The number of anilines is 1. The molecule has 1 N–H and O–H groups in total. The van der Waals surface area contributed by atoms with Crippen molar-refractivity contribution in [2.24, 2.45) is 16.2 Å². The summed E-state index contributed by atoms with van der Waals surface area (Å²) in [5.74, 6) is 0.250. The number of fused-ring (bicyclic) bond motifs is 2. The first kappa shape index (κ1) is 15.0. The maximum absolute atomic E-state index is 12.9. The summed E-state index contributed by atoms with van der Waals surface area (Å²) in [6.07, 6.45) is 2.00. The highest BCUT2D eigenvalue weighted by molar-refractivity contribution is 14.1. The van der Waals surface area contributed by atoms with Gasteiger partial charge in [0.2, 0.25) is 5.91 Å². The molecule has 2 fully saturated rings. The Kier molecular flexibility index (Phi) is 3.24. The summed E-state index contributed by atoms with van der Waals surface area (Å²) < 4.78 is 1.13. The quantitative estimate of drug-likeness (QED) is 0.767. The molecule has 3 rings (SSSR count).